The summed E-state index contributed by atoms with van der Waals surface area (Å²) in [6.07, 6.45) is 4.15. The number of hydrogen-bond acceptors (Lipinski definition) is 4. The molecule has 0 aromatic carbocycles. The van der Waals surface area contributed by atoms with Crippen LogP contribution in [0.15, 0.2) is 12.4 Å². The van der Waals surface area contributed by atoms with Crippen LogP contribution < -0.4 is 0 Å². The molecule has 5 nitrogen and oxygen atoms in total. The van der Waals surface area contributed by atoms with Crippen molar-refractivity contribution < 1.29 is 4.79 Å². The number of rotatable bonds is 5. The van der Waals surface area contributed by atoms with Crippen LogP contribution in [-0.4, -0.2) is 32.6 Å². The van der Waals surface area contributed by atoms with E-state index < -0.39 is 0 Å². The molecule has 0 saturated heterocycles. The average Bonchev–Trinajstić information content (AvgIpc) is 2.96. The zero-order valence-electron chi connectivity index (χ0n) is 12.4. The van der Waals surface area contributed by atoms with Gasteiger partial charge in [0.05, 0.1) is 23.3 Å². The van der Waals surface area contributed by atoms with Crippen molar-refractivity contribution in [3.8, 4) is 0 Å². The minimum Gasteiger partial charge on any atom is -0.341 e. The van der Waals surface area contributed by atoms with Crippen LogP contribution in [0.2, 0.25) is 0 Å². The first-order valence-corrected chi connectivity index (χ1v) is 7.49. The minimum absolute atomic E-state index is 0.0858. The Balaban J connectivity index is 1.96. The monoisotopic (exact) mass is 292 g/mol. The maximum Gasteiger partial charge on any atom is 0.228 e. The first kappa shape index (κ1) is 14.7. The van der Waals surface area contributed by atoms with Crippen molar-refractivity contribution in [3.05, 3.63) is 33.5 Å². The number of carbonyl (C=O) groups excluding carboxylic acids is 1. The van der Waals surface area contributed by atoms with E-state index in [1.807, 2.05) is 44.9 Å². The van der Waals surface area contributed by atoms with E-state index in [1.54, 1.807) is 16.2 Å². The maximum atomic E-state index is 12.2. The van der Waals surface area contributed by atoms with Gasteiger partial charge in [-0.25, -0.2) is 4.98 Å². The fraction of sp³-hybridized carbons (Fsp3) is 0.500. The van der Waals surface area contributed by atoms with E-state index in [9.17, 15) is 4.79 Å². The highest BCUT2D eigenvalue weighted by Crippen LogP contribution is 2.17. The quantitative estimate of drug-likeness (QED) is 0.848. The highest BCUT2D eigenvalue weighted by molar-refractivity contribution is 7.11. The predicted octanol–water partition coefficient (Wildman–Crippen LogP) is 2.18. The average molecular weight is 292 g/mol. The molecule has 1 amide bonds. The van der Waals surface area contributed by atoms with Crippen molar-refractivity contribution in [2.24, 2.45) is 0 Å². The van der Waals surface area contributed by atoms with Crippen LogP contribution in [0.3, 0.4) is 0 Å². The van der Waals surface area contributed by atoms with Crippen LogP contribution in [0.5, 0.6) is 0 Å². The van der Waals surface area contributed by atoms with E-state index in [1.165, 1.54) is 0 Å². The number of nitrogens with zero attached hydrogens (tertiary/aromatic N) is 4. The lowest BCUT2D eigenvalue weighted by molar-refractivity contribution is -0.129. The van der Waals surface area contributed by atoms with Crippen LogP contribution in [0, 0.1) is 13.8 Å². The van der Waals surface area contributed by atoms with Crippen molar-refractivity contribution in [2.75, 3.05) is 7.05 Å². The Bertz CT molecular complexity index is 602. The number of aryl methyl sites for hydroxylation is 3. The van der Waals surface area contributed by atoms with Gasteiger partial charge in [-0.3, -0.25) is 9.48 Å². The van der Waals surface area contributed by atoms with Gasteiger partial charge in [-0.15, -0.1) is 11.3 Å². The van der Waals surface area contributed by atoms with E-state index >= 15 is 0 Å². The summed E-state index contributed by atoms with van der Waals surface area (Å²) in [5.74, 6) is 0.0858. The number of thiazole rings is 1. The molecule has 0 aliphatic carbocycles. The molecule has 0 N–H and O–H groups in total. The molecule has 108 valence electrons. The van der Waals surface area contributed by atoms with Gasteiger partial charge in [-0.1, -0.05) is 0 Å². The summed E-state index contributed by atoms with van der Waals surface area (Å²) < 4.78 is 1.86. The smallest absolute Gasteiger partial charge is 0.228 e. The largest absolute Gasteiger partial charge is 0.341 e. The van der Waals surface area contributed by atoms with Gasteiger partial charge in [0, 0.05) is 36.8 Å². The van der Waals surface area contributed by atoms with Crippen LogP contribution in [0.25, 0.3) is 0 Å². The Kier molecular flexibility index (Phi) is 4.54. The second-order valence-corrected chi connectivity index (χ2v) is 6.27. The van der Waals surface area contributed by atoms with E-state index in [0.29, 0.717) is 13.0 Å². The molecule has 2 aromatic heterocycles. The summed E-state index contributed by atoms with van der Waals surface area (Å²) in [5, 5.41) is 5.23. The SMILES string of the molecule is CCn1cc(CN(C)C(=O)Cc2nc(C)sc2C)cn1. The molecule has 20 heavy (non-hydrogen) atoms. The third-order valence-corrected chi connectivity index (χ3v) is 4.10. The first-order valence-electron chi connectivity index (χ1n) is 6.67. The van der Waals surface area contributed by atoms with E-state index in [2.05, 4.69) is 10.1 Å². The molecular formula is C14H20N4OS. The number of aromatic nitrogens is 3. The molecule has 0 radical (unpaired) electrons. The summed E-state index contributed by atoms with van der Waals surface area (Å²) in [6, 6.07) is 0. The fourth-order valence-electron chi connectivity index (χ4n) is 2.04. The van der Waals surface area contributed by atoms with E-state index in [-0.39, 0.29) is 5.91 Å². The zero-order valence-corrected chi connectivity index (χ0v) is 13.2. The highest BCUT2D eigenvalue weighted by atomic mass is 32.1. The van der Waals surface area contributed by atoms with Crippen molar-refractivity contribution in [1.82, 2.24) is 19.7 Å². The predicted molar refractivity (Wildman–Crippen MR) is 79.7 cm³/mol. The van der Waals surface area contributed by atoms with Gasteiger partial charge in [0.2, 0.25) is 5.91 Å². The van der Waals surface area contributed by atoms with Gasteiger partial charge in [0.25, 0.3) is 0 Å². The van der Waals surface area contributed by atoms with Crippen molar-refractivity contribution in [3.63, 3.8) is 0 Å². The van der Waals surface area contributed by atoms with Crippen molar-refractivity contribution in [1.29, 1.82) is 0 Å². The molecule has 6 heteroatoms. The third-order valence-electron chi connectivity index (χ3n) is 3.17. The highest BCUT2D eigenvalue weighted by Gasteiger charge is 2.15. The van der Waals surface area contributed by atoms with Gasteiger partial charge in [0.1, 0.15) is 0 Å². The summed E-state index contributed by atoms with van der Waals surface area (Å²) >= 11 is 1.64. The van der Waals surface area contributed by atoms with Crippen LogP contribution in [0.1, 0.15) is 28.1 Å². The first-order chi connectivity index (χ1) is 9.49. The Labute approximate surface area is 123 Å². The number of hydrogen-bond donors (Lipinski definition) is 0. The van der Waals surface area contributed by atoms with Gasteiger partial charge in [0.15, 0.2) is 0 Å². The molecule has 0 aliphatic rings. The lowest BCUT2D eigenvalue weighted by Crippen LogP contribution is -2.27. The normalized spacial score (nSPS) is 10.8. The third kappa shape index (κ3) is 3.45. The number of likely N-dealkylation sites (N-methyl/N-ethyl adjacent to an activating group) is 1. The van der Waals surface area contributed by atoms with Crippen LogP contribution in [-0.2, 0) is 24.3 Å². The summed E-state index contributed by atoms with van der Waals surface area (Å²) in [5.41, 5.74) is 1.95. The molecule has 0 fully saturated rings. The molecule has 2 aromatic rings. The molecule has 0 atom stereocenters. The topological polar surface area (TPSA) is 51.0 Å². The lowest BCUT2D eigenvalue weighted by atomic mass is 10.2. The lowest BCUT2D eigenvalue weighted by Gasteiger charge is -2.15. The van der Waals surface area contributed by atoms with E-state index in [0.717, 1.165) is 27.7 Å². The van der Waals surface area contributed by atoms with Crippen molar-refractivity contribution in [2.45, 2.75) is 40.3 Å². The second-order valence-electron chi connectivity index (χ2n) is 4.87. The van der Waals surface area contributed by atoms with Gasteiger partial charge in [-0.2, -0.15) is 5.10 Å². The fourth-order valence-corrected chi connectivity index (χ4v) is 2.87. The molecule has 2 heterocycles. The summed E-state index contributed by atoms with van der Waals surface area (Å²) in [4.78, 5) is 19.5. The number of amides is 1. The second kappa shape index (κ2) is 6.17. The van der Waals surface area contributed by atoms with Gasteiger partial charge < -0.3 is 4.90 Å². The molecule has 2 rings (SSSR count). The summed E-state index contributed by atoms with van der Waals surface area (Å²) in [6.45, 7) is 7.45. The molecule has 0 unspecified atom stereocenters. The standard InChI is InChI=1S/C14H20N4OS/c1-5-18-9-12(7-15-18)8-17(4)14(19)6-13-10(2)20-11(3)16-13/h7,9H,5-6,8H2,1-4H3. The molecule has 0 aliphatic heterocycles. The molecule has 0 bridgehead atoms. The Morgan fingerprint density at radius 3 is 2.75 bits per heavy atom. The van der Waals surface area contributed by atoms with Gasteiger partial charge in [-0.05, 0) is 20.8 Å². The maximum absolute atomic E-state index is 12.2. The van der Waals surface area contributed by atoms with E-state index in [4.69, 9.17) is 0 Å². The molecule has 0 saturated carbocycles. The zero-order chi connectivity index (χ0) is 14.7. The van der Waals surface area contributed by atoms with Crippen LogP contribution >= 0.6 is 11.3 Å². The van der Waals surface area contributed by atoms with Gasteiger partial charge >= 0.3 is 0 Å². The molecular weight excluding hydrogens is 272 g/mol. The van der Waals surface area contributed by atoms with Crippen LogP contribution in [0.4, 0.5) is 0 Å². The Morgan fingerprint density at radius 2 is 2.20 bits per heavy atom. The molecule has 0 spiro atoms. The Morgan fingerprint density at radius 1 is 1.45 bits per heavy atom. The summed E-state index contributed by atoms with van der Waals surface area (Å²) in [7, 11) is 1.82. The number of carbonyl (C=O) groups is 1. The van der Waals surface area contributed by atoms with Crippen molar-refractivity contribution >= 4 is 17.2 Å². The Hall–Kier alpha value is -1.69. The minimum atomic E-state index is 0.0858.